The number of hydrogen-bond donors (Lipinski definition) is 2. The highest BCUT2D eigenvalue weighted by atomic mass is 16.4. The fourth-order valence-corrected chi connectivity index (χ4v) is 2.34. The van der Waals surface area contributed by atoms with Crippen LogP contribution in [-0.2, 0) is 12.8 Å². The lowest BCUT2D eigenvalue weighted by Gasteiger charge is -2.19. The van der Waals surface area contributed by atoms with E-state index in [0.717, 1.165) is 0 Å². The van der Waals surface area contributed by atoms with Gasteiger partial charge in [0.05, 0.1) is 11.1 Å². The Labute approximate surface area is 131 Å². The van der Waals surface area contributed by atoms with Gasteiger partial charge in [-0.3, -0.25) is 0 Å². The highest BCUT2D eigenvalue weighted by molar-refractivity contribution is 5.95. The van der Waals surface area contributed by atoms with Crippen molar-refractivity contribution in [2.75, 3.05) is 41.3 Å². The summed E-state index contributed by atoms with van der Waals surface area (Å²) in [4.78, 5) is 26.8. The molecule has 0 aliphatic heterocycles. The summed E-state index contributed by atoms with van der Waals surface area (Å²) in [5, 5.41) is 18.8. The van der Waals surface area contributed by atoms with Crippen molar-refractivity contribution in [3.8, 4) is 0 Å². The van der Waals surface area contributed by atoms with Crippen LogP contribution in [0.1, 0.15) is 31.8 Å². The van der Waals surface area contributed by atoms with Gasteiger partial charge in [0.2, 0.25) is 0 Å². The van der Waals surface area contributed by atoms with Crippen molar-refractivity contribution in [1.82, 2.24) is 9.80 Å². The maximum Gasteiger partial charge on any atom is 0.335 e. The van der Waals surface area contributed by atoms with E-state index in [4.69, 9.17) is 0 Å². The molecule has 0 fully saturated rings. The van der Waals surface area contributed by atoms with Gasteiger partial charge in [0.25, 0.3) is 0 Å². The average Bonchev–Trinajstić information content (AvgIpc) is 2.41. The van der Waals surface area contributed by atoms with Gasteiger partial charge in [-0.1, -0.05) is 0 Å². The molecule has 0 heterocycles. The number of carboxylic acids is 2. The lowest BCUT2D eigenvalue weighted by atomic mass is 9.91. The summed E-state index contributed by atoms with van der Waals surface area (Å²) in [7, 11) is 7.62. The van der Waals surface area contributed by atoms with Crippen molar-refractivity contribution in [3.63, 3.8) is 0 Å². The molecule has 6 nitrogen and oxygen atoms in total. The van der Waals surface area contributed by atoms with E-state index in [1.54, 1.807) is 0 Å². The Hall–Kier alpha value is -1.92. The molecule has 0 atom stereocenters. The SMILES string of the molecule is CN(C)CCc1c(C(=O)O)ccc(C(=O)O)c1CCN(C)C. The Balaban J connectivity index is 3.36. The molecule has 22 heavy (non-hydrogen) atoms. The normalized spacial score (nSPS) is 11.2. The van der Waals surface area contributed by atoms with E-state index in [0.29, 0.717) is 37.1 Å². The topological polar surface area (TPSA) is 81.1 Å². The van der Waals surface area contributed by atoms with Crippen molar-refractivity contribution < 1.29 is 19.8 Å². The zero-order chi connectivity index (χ0) is 16.9. The molecule has 0 radical (unpaired) electrons. The van der Waals surface area contributed by atoms with Gasteiger partial charge in [0.1, 0.15) is 0 Å². The Morgan fingerprint density at radius 1 is 0.818 bits per heavy atom. The third-order valence-corrected chi connectivity index (χ3v) is 3.51. The average molecular weight is 308 g/mol. The Morgan fingerprint density at radius 3 is 1.36 bits per heavy atom. The number of likely N-dealkylation sites (N-methyl/N-ethyl adjacent to an activating group) is 2. The van der Waals surface area contributed by atoms with Gasteiger partial charge in [-0.15, -0.1) is 0 Å². The van der Waals surface area contributed by atoms with Gasteiger partial charge in [-0.05, 0) is 64.3 Å². The lowest BCUT2D eigenvalue weighted by Crippen LogP contribution is -2.22. The van der Waals surface area contributed by atoms with E-state index in [9.17, 15) is 19.8 Å². The molecule has 122 valence electrons. The predicted molar refractivity (Wildman–Crippen MR) is 84.9 cm³/mol. The second-order valence-electron chi connectivity index (χ2n) is 5.83. The summed E-state index contributed by atoms with van der Waals surface area (Å²) < 4.78 is 0. The minimum atomic E-state index is -1.02. The Kier molecular flexibility index (Phi) is 6.52. The summed E-state index contributed by atoms with van der Waals surface area (Å²) in [6.07, 6.45) is 1.02. The molecule has 0 aliphatic rings. The molecule has 0 unspecified atom stereocenters. The van der Waals surface area contributed by atoms with Crippen molar-refractivity contribution >= 4 is 11.9 Å². The molecule has 0 aliphatic carbocycles. The largest absolute Gasteiger partial charge is 0.478 e. The zero-order valence-electron chi connectivity index (χ0n) is 13.6. The van der Waals surface area contributed by atoms with Crippen LogP contribution in [0.15, 0.2) is 12.1 Å². The van der Waals surface area contributed by atoms with Crippen LogP contribution in [-0.4, -0.2) is 73.2 Å². The van der Waals surface area contributed by atoms with E-state index < -0.39 is 11.9 Å². The smallest absolute Gasteiger partial charge is 0.335 e. The molecule has 0 bridgehead atoms. The number of aromatic carboxylic acids is 2. The number of rotatable bonds is 8. The Morgan fingerprint density at radius 2 is 1.14 bits per heavy atom. The second-order valence-corrected chi connectivity index (χ2v) is 5.83. The summed E-state index contributed by atoms with van der Waals surface area (Å²) >= 11 is 0. The molecule has 0 amide bonds. The van der Waals surface area contributed by atoms with Gasteiger partial charge in [0.15, 0.2) is 0 Å². The molecule has 2 N–H and O–H groups in total. The molecule has 0 saturated heterocycles. The number of nitrogens with zero attached hydrogens (tertiary/aromatic N) is 2. The summed E-state index contributed by atoms with van der Waals surface area (Å²) in [6, 6.07) is 2.80. The predicted octanol–water partition coefficient (Wildman–Crippen LogP) is 1.29. The Bertz CT molecular complexity index is 504. The minimum Gasteiger partial charge on any atom is -0.478 e. The van der Waals surface area contributed by atoms with Crippen LogP contribution in [0.4, 0.5) is 0 Å². The van der Waals surface area contributed by atoms with Gasteiger partial charge in [-0.2, -0.15) is 0 Å². The van der Waals surface area contributed by atoms with Crippen molar-refractivity contribution in [2.45, 2.75) is 12.8 Å². The molecule has 0 aromatic heterocycles. The number of carbonyl (C=O) groups is 2. The van der Waals surface area contributed by atoms with Crippen LogP contribution in [0.3, 0.4) is 0 Å². The van der Waals surface area contributed by atoms with Crippen molar-refractivity contribution in [2.24, 2.45) is 0 Å². The molecule has 1 aromatic carbocycles. The maximum absolute atomic E-state index is 11.5. The first-order chi connectivity index (χ1) is 10.2. The van der Waals surface area contributed by atoms with Gasteiger partial charge >= 0.3 is 11.9 Å². The molecule has 0 saturated carbocycles. The zero-order valence-corrected chi connectivity index (χ0v) is 13.6. The summed E-state index contributed by atoms with van der Waals surface area (Å²) in [5.41, 5.74) is 1.65. The quantitative estimate of drug-likeness (QED) is 0.753. The monoisotopic (exact) mass is 308 g/mol. The highest BCUT2D eigenvalue weighted by Crippen LogP contribution is 2.22. The first-order valence-electron chi connectivity index (χ1n) is 7.14. The van der Waals surface area contributed by atoms with E-state index in [-0.39, 0.29) is 11.1 Å². The maximum atomic E-state index is 11.5. The fraction of sp³-hybridized carbons (Fsp3) is 0.500. The van der Waals surface area contributed by atoms with Gasteiger partial charge < -0.3 is 20.0 Å². The lowest BCUT2D eigenvalue weighted by molar-refractivity contribution is 0.0678. The van der Waals surface area contributed by atoms with Crippen LogP contribution in [0.2, 0.25) is 0 Å². The van der Waals surface area contributed by atoms with Crippen LogP contribution in [0.25, 0.3) is 0 Å². The number of carboxylic acid groups (broad SMARTS) is 2. The first kappa shape index (κ1) is 18.1. The molecule has 6 heteroatoms. The van der Waals surface area contributed by atoms with Crippen LogP contribution in [0, 0.1) is 0 Å². The van der Waals surface area contributed by atoms with E-state index in [1.807, 2.05) is 38.0 Å². The van der Waals surface area contributed by atoms with Gasteiger partial charge in [-0.25, -0.2) is 9.59 Å². The van der Waals surface area contributed by atoms with E-state index >= 15 is 0 Å². The number of hydrogen-bond acceptors (Lipinski definition) is 4. The number of benzene rings is 1. The third-order valence-electron chi connectivity index (χ3n) is 3.51. The van der Waals surface area contributed by atoms with E-state index in [1.165, 1.54) is 12.1 Å². The van der Waals surface area contributed by atoms with Crippen molar-refractivity contribution in [1.29, 1.82) is 0 Å². The standard InChI is InChI=1S/C16H24N2O4/c1-17(2)9-7-11-12(8-10-18(3)4)14(16(21)22)6-5-13(11)15(19)20/h5-6H,7-10H2,1-4H3,(H,19,20)(H,21,22). The molecule has 1 rings (SSSR count). The summed E-state index contributed by atoms with van der Waals surface area (Å²) in [6.45, 7) is 1.33. The van der Waals surface area contributed by atoms with Gasteiger partial charge in [0, 0.05) is 13.1 Å². The molecule has 1 aromatic rings. The second kappa shape index (κ2) is 7.91. The molecule has 0 spiro atoms. The highest BCUT2D eigenvalue weighted by Gasteiger charge is 2.20. The van der Waals surface area contributed by atoms with Crippen LogP contribution in [0.5, 0.6) is 0 Å². The minimum absolute atomic E-state index is 0.195. The summed E-state index contributed by atoms with van der Waals surface area (Å²) in [5.74, 6) is -2.03. The van der Waals surface area contributed by atoms with E-state index in [2.05, 4.69) is 0 Å². The first-order valence-corrected chi connectivity index (χ1v) is 7.14. The van der Waals surface area contributed by atoms with Crippen LogP contribution < -0.4 is 0 Å². The molecular weight excluding hydrogens is 284 g/mol. The molecular formula is C16H24N2O4. The van der Waals surface area contributed by atoms with Crippen LogP contribution >= 0.6 is 0 Å². The third kappa shape index (κ3) is 4.82. The van der Waals surface area contributed by atoms with Crippen molar-refractivity contribution in [3.05, 3.63) is 34.4 Å². The fourth-order valence-electron chi connectivity index (χ4n) is 2.34.